The van der Waals surface area contributed by atoms with Crippen molar-refractivity contribution in [2.24, 2.45) is 0 Å². The Morgan fingerprint density at radius 1 is 1.21 bits per heavy atom. The largest absolute Gasteiger partial charge is 0.385 e. The molecule has 1 aliphatic heterocycles. The summed E-state index contributed by atoms with van der Waals surface area (Å²) in [4.78, 5) is 13.9. The van der Waals surface area contributed by atoms with Crippen molar-refractivity contribution in [3.63, 3.8) is 0 Å². The Balaban J connectivity index is 1.73. The van der Waals surface area contributed by atoms with Crippen LogP contribution in [0.15, 0.2) is 24.3 Å². The van der Waals surface area contributed by atoms with Gasteiger partial charge in [0.2, 0.25) is 5.91 Å². The summed E-state index contributed by atoms with van der Waals surface area (Å²) in [7, 11) is 0. The van der Waals surface area contributed by atoms with E-state index in [-0.39, 0.29) is 5.91 Å². The van der Waals surface area contributed by atoms with Crippen LogP contribution in [0.3, 0.4) is 0 Å². The van der Waals surface area contributed by atoms with Crippen LogP contribution < -0.4 is 5.32 Å². The topological polar surface area (TPSA) is 56.1 Å². The average molecular weight is 257 g/mol. The molecule has 0 unspecified atom stereocenters. The lowest BCUT2D eigenvalue weighted by Crippen LogP contribution is -2.36. The highest BCUT2D eigenvalue weighted by Crippen LogP contribution is 2.11. The van der Waals surface area contributed by atoms with Crippen molar-refractivity contribution in [2.45, 2.75) is 25.7 Å². The van der Waals surface area contributed by atoms with Gasteiger partial charge in [0.1, 0.15) is 0 Å². The van der Waals surface area contributed by atoms with Crippen LogP contribution in [-0.4, -0.2) is 30.4 Å². The van der Waals surface area contributed by atoms with Gasteiger partial charge in [0.15, 0.2) is 0 Å². The third kappa shape index (κ3) is 3.99. The fourth-order valence-corrected chi connectivity index (χ4v) is 2.28. The number of hydrogen-bond acceptors (Lipinski definition) is 3. The number of hydrogen-bond donors (Lipinski definition) is 1. The first-order valence-corrected chi connectivity index (χ1v) is 6.81. The molecule has 1 N–H and O–H groups in total. The molecule has 1 aromatic rings. The molecule has 2 rings (SSSR count). The van der Waals surface area contributed by atoms with E-state index in [1.54, 1.807) is 12.1 Å². The molecule has 1 fully saturated rings. The number of likely N-dealkylation sites (tertiary alicyclic amines) is 1. The number of carbonyl (C=O) groups excluding carboxylic acids is 1. The lowest BCUT2D eigenvalue weighted by atomic mass is 10.1. The molecule has 0 aliphatic carbocycles. The predicted octanol–water partition coefficient (Wildman–Crippen LogP) is 2.37. The molecule has 1 amide bonds. The number of anilines is 1. The molecule has 1 saturated heterocycles. The van der Waals surface area contributed by atoms with E-state index in [0.29, 0.717) is 18.5 Å². The fraction of sp³-hybridized carbons (Fsp3) is 0.467. The van der Waals surface area contributed by atoms with Gasteiger partial charge in [-0.25, -0.2) is 0 Å². The first-order chi connectivity index (χ1) is 9.29. The molecule has 1 heterocycles. The molecule has 0 radical (unpaired) electrons. The van der Waals surface area contributed by atoms with Crippen LogP contribution >= 0.6 is 0 Å². The second-order valence-corrected chi connectivity index (χ2v) is 4.81. The standard InChI is InChI=1S/C15H19N3O/c16-12-13-4-6-14(7-5-13)17-9-8-15(19)18-10-2-1-3-11-18/h4-7,17H,1-3,8-11H2. The molecular weight excluding hydrogens is 238 g/mol. The molecule has 1 aromatic carbocycles. The summed E-state index contributed by atoms with van der Waals surface area (Å²) < 4.78 is 0. The molecular formula is C15H19N3O. The van der Waals surface area contributed by atoms with E-state index in [4.69, 9.17) is 5.26 Å². The van der Waals surface area contributed by atoms with Crippen molar-refractivity contribution in [1.82, 2.24) is 4.90 Å². The fourth-order valence-electron chi connectivity index (χ4n) is 2.28. The summed E-state index contributed by atoms with van der Waals surface area (Å²) in [6.07, 6.45) is 4.04. The van der Waals surface area contributed by atoms with Gasteiger partial charge in [0.05, 0.1) is 11.6 Å². The molecule has 100 valence electrons. The monoisotopic (exact) mass is 257 g/mol. The van der Waals surface area contributed by atoms with Gasteiger partial charge in [-0.2, -0.15) is 5.26 Å². The summed E-state index contributed by atoms with van der Waals surface area (Å²) in [6, 6.07) is 9.36. The van der Waals surface area contributed by atoms with Crippen molar-refractivity contribution in [3.8, 4) is 6.07 Å². The SMILES string of the molecule is N#Cc1ccc(NCCC(=O)N2CCCCC2)cc1. The zero-order valence-corrected chi connectivity index (χ0v) is 11.1. The normalized spacial score (nSPS) is 14.8. The first-order valence-electron chi connectivity index (χ1n) is 6.81. The van der Waals surface area contributed by atoms with Gasteiger partial charge in [-0.1, -0.05) is 0 Å². The maximum absolute atomic E-state index is 11.9. The highest BCUT2D eigenvalue weighted by atomic mass is 16.2. The molecule has 0 bridgehead atoms. The van der Waals surface area contributed by atoms with Crippen LogP contribution in [0.2, 0.25) is 0 Å². The van der Waals surface area contributed by atoms with Crippen molar-refractivity contribution in [2.75, 3.05) is 25.0 Å². The van der Waals surface area contributed by atoms with E-state index < -0.39 is 0 Å². The lowest BCUT2D eigenvalue weighted by Gasteiger charge is -2.26. The van der Waals surface area contributed by atoms with E-state index >= 15 is 0 Å². The molecule has 4 heteroatoms. The van der Waals surface area contributed by atoms with E-state index in [1.165, 1.54) is 6.42 Å². The van der Waals surface area contributed by atoms with E-state index in [1.807, 2.05) is 17.0 Å². The van der Waals surface area contributed by atoms with Gasteiger partial charge >= 0.3 is 0 Å². The van der Waals surface area contributed by atoms with Crippen LogP contribution in [0, 0.1) is 11.3 Å². The molecule has 0 saturated carbocycles. The minimum Gasteiger partial charge on any atom is -0.385 e. The molecule has 19 heavy (non-hydrogen) atoms. The van der Waals surface area contributed by atoms with Gasteiger partial charge in [-0.3, -0.25) is 4.79 Å². The lowest BCUT2D eigenvalue weighted by molar-refractivity contribution is -0.131. The van der Waals surface area contributed by atoms with Crippen molar-refractivity contribution in [3.05, 3.63) is 29.8 Å². The van der Waals surface area contributed by atoms with E-state index in [2.05, 4.69) is 11.4 Å². The molecule has 0 atom stereocenters. The van der Waals surface area contributed by atoms with Gasteiger partial charge in [0.25, 0.3) is 0 Å². The second-order valence-electron chi connectivity index (χ2n) is 4.81. The number of benzene rings is 1. The van der Waals surface area contributed by atoms with E-state index in [9.17, 15) is 4.79 Å². The van der Waals surface area contributed by atoms with Crippen LogP contribution in [0.5, 0.6) is 0 Å². The average Bonchev–Trinajstić information content (AvgIpc) is 2.49. The Labute approximate surface area is 114 Å². The predicted molar refractivity (Wildman–Crippen MR) is 74.7 cm³/mol. The Morgan fingerprint density at radius 2 is 1.89 bits per heavy atom. The molecule has 0 aromatic heterocycles. The number of nitrogens with zero attached hydrogens (tertiary/aromatic N) is 2. The maximum atomic E-state index is 11.9. The van der Waals surface area contributed by atoms with Crippen LogP contribution in [-0.2, 0) is 4.79 Å². The summed E-state index contributed by atoms with van der Waals surface area (Å²) in [6.45, 7) is 2.46. The smallest absolute Gasteiger partial charge is 0.224 e. The van der Waals surface area contributed by atoms with Crippen LogP contribution in [0.25, 0.3) is 0 Å². The Bertz CT molecular complexity index is 455. The minimum atomic E-state index is 0.237. The third-order valence-corrected chi connectivity index (χ3v) is 3.39. The Morgan fingerprint density at radius 3 is 2.53 bits per heavy atom. The number of carbonyl (C=O) groups is 1. The molecule has 4 nitrogen and oxygen atoms in total. The van der Waals surface area contributed by atoms with Crippen molar-refractivity contribution in [1.29, 1.82) is 5.26 Å². The number of nitriles is 1. The summed E-state index contributed by atoms with van der Waals surface area (Å²) in [5.74, 6) is 0.237. The number of piperidine rings is 1. The Kier molecular flexibility index (Phi) is 4.79. The Hall–Kier alpha value is -2.02. The zero-order chi connectivity index (χ0) is 13.5. The van der Waals surface area contributed by atoms with Gasteiger partial charge in [0, 0.05) is 31.7 Å². The summed E-state index contributed by atoms with van der Waals surface area (Å²) in [5.41, 5.74) is 1.60. The van der Waals surface area contributed by atoms with Gasteiger partial charge < -0.3 is 10.2 Å². The maximum Gasteiger partial charge on any atom is 0.224 e. The summed E-state index contributed by atoms with van der Waals surface area (Å²) in [5, 5.41) is 11.9. The van der Waals surface area contributed by atoms with Crippen molar-refractivity contribution < 1.29 is 4.79 Å². The first kappa shape index (κ1) is 13.4. The van der Waals surface area contributed by atoms with Gasteiger partial charge in [-0.15, -0.1) is 0 Å². The molecule has 0 spiro atoms. The third-order valence-electron chi connectivity index (χ3n) is 3.39. The quantitative estimate of drug-likeness (QED) is 0.901. The van der Waals surface area contributed by atoms with Crippen molar-refractivity contribution >= 4 is 11.6 Å². The zero-order valence-electron chi connectivity index (χ0n) is 11.1. The van der Waals surface area contributed by atoms with E-state index in [0.717, 1.165) is 31.6 Å². The summed E-state index contributed by atoms with van der Waals surface area (Å²) >= 11 is 0. The molecule has 1 aliphatic rings. The number of amides is 1. The number of nitrogens with one attached hydrogen (secondary N) is 1. The highest BCUT2D eigenvalue weighted by Gasteiger charge is 2.15. The minimum absolute atomic E-state index is 0.237. The highest BCUT2D eigenvalue weighted by molar-refractivity contribution is 5.76. The number of rotatable bonds is 4. The second kappa shape index (κ2) is 6.79. The van der Waals surface area contributed by atoms with Crippen LogP contribution in [0.1, 0.15) is 31.2 Å². The van der Waals surface area contributed by atoms with Gasteiger partial charge in [-0.05, 0) is 43.5 Å². The van der Waals surface area contributed by atoms with Crippen LogP contribution in [0.4, 0.5) is 5.69 Å².